The molecule has 1 aliphatic carbocycles. The maximum atomic E-state index is 4.60. The quantitative estimate of drug-likeness (QED) is 0.803. The van der Waals surface area contributed by atoms with E-state index in [4.69, 9.17) is 0 Å². The summed E-state index contributed by atoms with van der Waals surface area (Å²) in [6, 6.07) is 7.51. The molecule has 0 spiro atoms. The highest BCUT2D eigenvalue weighted by Crippen LogP contribution is 2.34. The standard InChI is InChI=1S/C18H24N2/c1-12-11-19-13(2)18(12)17-7-5-6-14-10-15(20(3)4)8-9-16(14)17/h5-7,15H,8-11H2,1-4H3/t15-/m0/s1. The molecule has 0 amide bonds. The van der Waals surface area contributed by atoms with Gasteiger partial charge in [0.1, 0.15) is 0 Å². The van der Waals surface area contributed by atoms with Crippen LogP contribution >= 0.6 is 0 Å². The van der Waals surface area contributed by atoms with Crippen LogP contribution in [0.15, 0.2) is 28.8 Å². The van der Waals surface area contributed by atoms with Gasteiger partial charge in [-0.15, -0.1) is 0 Å². The summed E-state index contributed by atoms with van der Waals surface area (Å²) in [7, 11) is 4.39. The Labute approximate surface area is 122 Å². The first-order chi connectivity index (χ1) is 9.58. The van der Waals surface area contributed by atoms with Gasteiger partial charge in [-0.05, 0) is 69.5 Å². The molecule has 0 unspecified atom stereocenters. The van der Waals surface area contributed by atoms with Crippen LogP contribution in [0, 0.1) is 0 Å². The van der Waals surface area contributed by atoms with Gasteiger partial charge in [-0.25, -0.2) is 0 Å². The highest BCUT2D eigenvalue weighted by atomic mass is 15.1. The molecule has 20 heavy (non-hydrogen) atoms. The van der Waals surface area contributed by atoms with E-state index in [1.165, 1.54) is 47.2 Å². The van der Waals surface area contributed by atoms with E-state index in [2.05, 4.69) is 56.0 Å². The van der Waals surface area contributed by atoms with Crippen molar-refractivity contribution in [3.05, 3.63) is 40.5 Å². The Bertz CT molecular complexity index is 593. The van der Waals surface area contributed by atoms with E-state index in [0.717, 1.165) is 6.54 Å². The average Bonchev–Trinajstić information content (AvgIpc) is 2.77. The molecule has 0 aromatic heterocycles. The lowest BCUT2D eigenvalue weighted by Crippen LogP contribution is -2.33. The van der Waals surface area contributed by atoms with E-state index < -0.39 is 0 Å². The average molecular weight is 268 g/mol. The SMILES string of the molecule is CC1=NCC(C)=C1c1cccc2c1CC[C@H](N(C)C)C2. The minimum absolute atomic E-state index is 0.686. The molecule has 1 aromatic rings. The molecule has 1 atom stereocenters. The van der Waals surface area contributed by atoms with E-state index in [1.54, 1.807) is 5.56 Å². The van der Waals surface area contributed by atoms with Crippen molar-refractivity contribution in [2.24, 2.45) is 4.99 Å². The van der Waals surface area contributed by atoms with Crippen LogP contribution in [0.2, 0.25) is 0 Å². The Balaban J connectivity index is 2.03. The molecular weight excluding hydrogens is 244 g/mol. The predicted molar refractivity (Wildman–Crippen MR) is 86.5 cm³/mol. The van der Waals surface area contributed by atoms with Crippen molar-refractivity contribution >= 4 is 11.3 Å². The van der Waals surface area contributed by atoms with Crippen LogP contribution < -0.4 is 0 Å². The van der Waals surface area contributed by atoms with Crippen LogP contribution in [0.1, 0.15) is 37.0 Å². The number of aliphatic imine (C=N–C) groups is 1. The number of allylic oxidation sites excluding steroid dienone is 1. The van der Waals surface area contributed by atoms with Gasteiger partial charge in [0.15, 0.2) is 0 Å². The number of rotatable bonds is 2. The molecular formula is C18H24N2. The van der Waals surface area contributed by atoms with Gasteiger partial charge in [0.25, 0.3) is 0 Å². The number of hydrogen-bond acceptors (Lipinski definition) is 2. The molecule has 1 aliphatic heterocycles. The molecule has 1 heterocycles. The molecule has 0 bridgehead atoms. The Kier molecular flexibility index (Phi) is 3.51. The van der Waals surface area contributed by atoms with Crippen molar-refractivity contribution in [1.29, 1.82) is 0 Å². The first-order valence-corrected chi connectivity index (χ1v) is 7.56. The third-order valence-electron chi connectivity index (χ3n) is 4.80. The summed E-state index contributed by atoms with van der Waals surface area (Å²) in [5.74, 6) is 0. The van der Waals surface area contributed by atoms with Crippen molar-refractivity contribution in [1.82, 2.24) is 4.90 Å². The summed E-state index contributed by atoms with van der Waals surface area (Å²) in [6.07, 6.45) is 3.64. The van der Waals surface area contributed by atoms with Crippen molar-refractivity contribution in [2.75, 3.05) is 20.6 Å². The van der Waals surface area contributed by atoms with Crippen LogP contribution in [-0.4, -0.2) is 37.3 Å². The van der Waals surface area contributed by atoms with Crippen LogP contribution in [0.25, 0.3) is 5.57 Å². The van der Waals surface area contributed by atoms with Gasteiger partial charge in [0.2, 0.25) is 0 Å². The third-order valence-corrected chi connectivity index (χ3v) is 4.80. The maximum Gasteiger partial charge on any atom is 0.0610 e. The second-order valence-corrected chi connectivity index (χ2v) is 6.36. The summed E-state index contributed by atoms with van der Waals surface area (Å²) in [6.45, 7) is 5.25. The van der Waals surface area contributed by atoms with Gasteiger partial charge < -0.3 is 4.90 Å². The summed E-state index contributed by atoms with van der Waals surface area (Å²) in [5.41, 5.74) is 8.58. The van der Waals surface area contributed by atoms with Gasteiger partial charge in [0.05, 0.1) is 6.54 Å². The minimum atomic E-state index is 0.686. The fourth-order valence-electron chi connectivity index (χ4n) is 3.59. The molecule has 0 N–H and O–H groups in total. The van der Waals surface area contributed by atoms with Crippen LogP contribution in [0.4, 0.5) is 0 Å². The Hall–Kier alpha value is -1.41. The van der Waals surface area contributed by atoms with Gasteiger partial charge in [-0.2, -0.15) is 0 Å². The molecule has 2 aliphatic rings. The number of likely N-dealkylation sites (N-methyl/N-ethyl adjacent to an activating group) is 1. The lowest BCUT2D eigenvalue weighted by atomic mass is 9.82. The van der Waals surface area contributed by atoms with E-state index in [9.17, 15) is 0 Å². The maximum absolute atomic E-state index is 4.60. The third kappa shape index (κ3) is 2.22. The van der Waals surface area contributed by atoms with Gasteiger partial charge in [0, 0.05) is 17.3 Å². The molecule has 1 aromatic carbocycles. The van der Waals surface area contributed by atoms with E-state index >= 15 is 0 Å². The summed E-state index contributed by atoms with van der Waals surface area (Å²) < 4.78 is 0. The zero-order valence-electron chi connectivity index (χ0n) is 13.0. The summed E-state index contributed by atoms with van der Waals surface area (Å²) >= 11 is 0. The van der Waals surface area contributed by atoms with Crippen molar-refractivity contribution in [3.8, 4) is 0 Å². The highest BCUT2D eigenvalue weighted by molar-refractivity contribution is 6.25. The number of hydrogen-bond donors (Lipinski definition) is 0. The first-order valence-electron chi connectivity index (χ1n) is 7.56. The fourth-order valence-corrected chi connectivity index (χ4v) is 3.59. The summed E-state index contributed by atoms with van der Waals surface area (Å²) in [5, 5.41) is 0. The lowest BCUT2D eigenvalue weighted by Gasteiger charge is -2.31. The molecule has 2 nitrogen and oxygen atoms in total. The van der Waals surface area contributed by atoms with E-state index in [0.29, 0.717) is 6.04 Å². The predicted octanol–water partition coefficient (Wildman–Crippen LogP) is 3.35. The van der Waals surface area contributed by atoms with E-state index in [-0.39, 0.29) is 0 Å². The number of nitrogens with zero attached hydrogens (tertiary/aromatic N) is 2. The smallest absolute Gasteiger partial charge is 0.0610 e. The van der Waals surface area contributed by atoms with Crippen molar-refractivity contribution in [2.45, 2.75) is 39.2 Å². The highest BCUT2D eigenvalue weighted by Gasteiger charge is 2.25. The van der Waals surface area contributed by atoms with Crippen LogP contribution in [-0.2, 0) is 12.8 Å². The first kappa shape index (κ1) is 13.6. The Morgan fingerprint density at radius 3 is 2.65 bits per heavy atom. The lowest BCUT2D eigenvalue weighted by molar-refractivity contribution is 0.268. The Morgan fingerprint density at radius 2 is 2.00 bits per heavy atom. The van der Waals surface area contributed by atoms with Gasteiger partial charge in [-0.3, -0.25) is 4.99 Å². The largest absolute Gasteiger partial charge is 0.306 e. The second-order valence-electron chi connectivity index (χ2n) is 6.36. The minimum Gasteiger partial charge on any atom is -0.306 e. The Morgan fingerprint density at radius 1 is 1.20 bits per heavy atom. The topological polar surface area (TPSA) is 15.6 Å². The van der Waals surface area contributed by atoms with Gasteiger partial charge >= 0.3 is 0 Å². The zero-order valence-corrected chi connectivity index (χ0v) is 13.0. The van der Waals surface area contributed by atoms with Gasteiger partial charge in [-0.1, -0.05) is 18.2 Å². The monoisotopic (exact) mass is 268 g/mol. The molecule has 0 radical (unpaired) electrons. The molecule has 2 heteroatoms. The molecule has 106 valence electrons. The fraction of sp³-hybridized carbons (Fsp3) is 0.500. The molecule has 0 saturated carbocycles. The van der Waals surface area contributed by atoms with Crippen LogP contribution in [0.5, 0.6) is 0 Å². The molecule has 0 fully saturated rings. The molecule has 3 rings (SSSR count). The number of benzene rings is 1. The molecule has 0 saturated heterocycles. The second kappa shape index (κ2) is 5.17. The zero-order chi connectivity index (χ0) is 14.3. The van der Waals surface area contributed by atoms with Crippen molar-refractivity contribution < 1.29 is 0 Å². The van der Waals surface area contributed by atoms with Crippen molar-refractivity contribution in [3.63, 3.8) is 0 Å². The van der Waals surface area contributed by atoms with E-state index in [1.807, 2.05) is 0 Å². The normalized spacial score (nSPS) is 22.2. The van der Waals surface area contributed by atoms with Crippen LogP contribution in [0.3, 0.4) is 0 Å². The summed E-state index contributed by atoms with van der Waals surface area (Å²) in [4.78, 5) is 6.96. The number of fused-ring (bicyclic) bond motifs is 1.